The number of aromatic nitrogens is 2. The lowest BCUT2D eigenvalue weighted by atomic mass is 10.3. The standard InChI is InChI=1S/C12H9ClF2N2O2/c1-6-10(13)11(12(18)19-2)16-17(6)9-4-3-7(14)5-8(9)15/h3-5H,1-2H3. The van der Waals surface area contributed by atoms with Crippen molar-refractivity contribution in [3.05, 3.63) is 46.2 Å². The summed E-state index contributed by atoms with van der Waals surface area (Å²) in [7, 11) is 1.19. The van der Waals surface area contributed by atoms with E-state index in [1.165, 1.54) is 13.2 Å². The topological polar surface area (TPSA) is 44.1 Å². The lowest BCUT2D eigenvalue weighted by molar-refractivity contribution is 0.0593. The molecule has 0 N–H and O–H groups in total. The predicted molar refractivity (Wildman–Crippen MR) is 64.6 cm³/mol. The molecule has 0 radical (unpaired) electrons. The van der Waals surface area contributed by atoms with E-state index in [1.54, 1.807) is 6.92 Å². The molecule has 0 atom stereocenters. The second-order valence-corrected chi connectivity index (χ2v) is 4.13. The van der Waals surface area contributed by atoms with Gasteiger partial charge in [0.05, 0.1) is 17.8 Å². The predicted octanol–water partition coefficient (Wildman–Crippen LogP) is 2.90. The number of methoxy groups -OCH3 is 1. The normalized spacial score (nSPS) is 10.6. The van der Waals surface area contributed by atoms with Crippen molar-refractivity contribution < 1.29 is 18.3 Å². The van der Waals surface area contributed by atoms with Gasteiger partial charge in [0.1, 0.15) is 11.5 Å². The van der Waals surface area contributed by atoms with Crippen LogP contribution in [0.3, 0.4) is 0 Å². The van der Waals surface area contributed by atoms with Crippen LogP contribution in [0.5, 0.6) is 0 Å². The van der Waals surface area contributed by atoms with Crippen molar-refractivity contribution in [2.24, 2.45) is 0 Å². The fourth-order valence-electron chi connectivity index (χ4n) is 1.60. The molecule has 2 rings (SSSR count). The third-order valence-electron chi connectivity index (χ3n) is 2.56. The average molecular weight is 287 g/mol. The first-order valence-electron chi connectivity index (χ1n) is 5.24. The lowest BCUT2D eigenvalue weighted by Gasteiger charge is -2.05. The van der Waals surface area contributed by atoms with Crippen molar-refractivity contribution in [2.45, 2.75) is 6.92 Å². The van der Waals surface area contributed by atoms with E-state index in [9.17, 15) is 13.6 Å². The minimum absolute atomic E-state index is 0.00375. The largest absolute Gasteiger partial charge is 0.464 e. The number of hydrogen-bond donors (Lipinski definition) is 0. The summed E-state index contributed by atoms with van der Waals surface area (Å²) in [6, 6.07) is 3.02. The fourth-order valence-corrected chi connectivity index (χ4v) is 1.79. The molecule has 2 aromatic rings. The van der Waals surface area contributed by atoms with Crippen molar-refractivity contribution in [3.8, 4) is 5.69 Å². The van der Waals surface area contributed by atoms with E-state index in [0.29, 0.717) is 5.69 Å². The molecule has 0 aliphatic carbocycles. The minimum atomic E-state index is -0.807. The van der Waals surface area contributed by atoms with Gasteiger partial charge < -0.3 is 4.74 Å². The highest BCUT2D eigenvalue weighted by molar-refractivity contribution is 6.34. The van der Waals surface area contributed by atoms with Crippen molar-refractivity contribution in [2.75, 3.05) is 7.11 Å². The highest BCUT2D eigenvalue weighted by Crippen LogP contribution is 2.25. The summed E-state index contributed by atoms with van der Waals surface area (Å²) < 4.78 is 32.2. The first-order chi connectivity index (χ1) is 8.95. The number of nitrogens with zero attached hydrogens (tertiary/aromatic N) is 2. The molecule has 0 spiro atoms. The molecule has 0 fully saturated rings. The summed E-state index contributed by atoms with van der Waals surface area (Å²) in [5.74, 6) is -2.24. The summed E-state index contributed by atoms with van der Waals surface area (Å²) in [4.78, 5) is 11.4. The van der Waals surface area contributed by atoms with Crippen LogP contribution in [0.1, 0.15) is 16.2 Å². The summed E-state index contributed by atoms with van der Waals surface area (Å²) in [5, 5.41) is 3.95. The number of carbonyl (C=O) groups is 1. The number of halogens is 3. The van der Waals surface area contributed by atoms with E-state index < -0.39 is 17.6 Å². The SMILES string of the molecule is COC(=O)c1nn(-c2ccc(F)cc2F)c(C)c1Cl. The van der Waals surface area contributed by atoms with E-state index in [-0.39, 0.29) is 16.4 Å². The second-order valence-electron chi connectivity index (χ2n) is 3.75. The van der Waals surface area contributed by atoms with Gasteiger partial charge in [-0.3, -0.25) is 0 Å². The van der Waals surface area contributed by atoms with Crippen LogP contribution >= 0.6 is 11.6 Å². The molecule has 1 aromatic carbocycles. The van der Waals surface area contributed by atoms with Crippen molar-refractivity contribution >= 4 is 17.6 Å². The van der Waals surface area contributed by atoms with Crippen LogP contribution in [0.2, 0.25) is 5.02 Å². The molecule has 0 amide bonds. The van der Waals surface area contributed by atoms with E-state index >= 15 is 0 Å². The number of ether oxygens (including phenoxy) is 1. The zero-order valence-corrected chi connectivity index (χ0v) is 10.8. The first-order valence-corrected chi connectivity index (χ1v) is 5.62. The van der Waals surface area contributed by atoms with Gasteiger partial charge in [-0.1, -0.05) is 11.6 Å². The first kappa shape index (κ1) is 13.5. The molecule has 0 aliphatic heterocycles. The van der Waals surface area contributed by atoms with Crippen LogP contribution in [-0.4, -0.2) is 22.9 Å². The average Bonchev–Trinajstić information content (AvgIpc) is 2.66. The zero-order chi connectivity index (χ0) is 14.2. The molecule has 0 aliphatic rings. The summed E-state index contributed by atoms with van der Waals surface area (Å²) >= 11 is 5.94. The zero-order valence-electron chi connectivity index (χ0n) is 10.1. The highest BCUT2D eigenvalue weighted by atomic mass is 35.5. The molecule has 7 heteroatoms. The molecule has 4 nitrogen and oxygen atoms in total. The lowest BCUT2D eigenvalue weighted by Crippen LogP contribution is -2.06. The molecular weight excluding hydrogens is 278 g/mol. The van der Waals surface area contributed by atoms with Crippen molar-refractivity contribution in [1.29, 1.82) is 0 Å². The summed E-state index contributed by atoms with van der Waals surface area (Å²) in [6.07, 6.45) is 0. The third-order valence-corrected chi connectivity index (χ3v) is 3.01. The Balaban J connectivity index is 2.60. The van der Waals surface area contributed by atoms with Gasteiger partial charge >= 0.3 is 5.97 Å². The van der Waals surface area contributed by atoms with Gasteiger partial charge in [-0.25, -0.2) is 18.3 Å². The van der Waals surface area contributed by atoms with Gasteiger partial charge in [0.2, 0.25) is 0 Å². The van der Waals surface area contributed by atoms with Gasteiger partial charge in [-0.15, -0.1) is 0 Å². The Morgan fingerprint density at radius 3 is 2.68 bits per heavy atom. The molecule has 0 unspecified atom stereocenters. The maximum atomic E-state index is 13.7. The van der Waals surface area contributed by atoms with Crippen LogP contribution < -0.4 is 0 Å². The Labute approximate surface area is 112 Å². The molecule has 1 aromatic heterocycles. The van der Waals surface area contributed by atoms with E-state index in [4.69, 9.17) is 11.6 Å². The van der Waals surface area contributed by atoms with Gasteiger partial charge in [0, 0.05) is 6.07 Å². The Bertz CT molecular complexity index is 655. The molecule has 0 bridgehead atoms. The summed E-state index contributed by atoms with van der Waals surface area (Å²) in [5.41, 5.74) is 0.230. The Hall–Kier alpha value is -1.95. The molecule has 0 saturated carbocycles. The quantitative estimate of drug-likeness (QED) is 0.797. The number of hydrogen-bond acceptors (Lipinski definition) is 3. The third kappa shape index (κ3) is 2.31. The number of rotatable bonds is 2. The molecule has 1 heterocycles. The maximum absolute atomic E-state index is 13.7. The summed E-state index contributed by atoms with van der Waals surface area (Å²) in [6.45, 7) is 1.56. The number of carbonyl (C=O) groups excluding carboxylic acids is 1. The van der Waals surface area contributed by atoms with E-state index in [2.05, 4.69) is 9.84 Å². The van der Waals surface area contributed by atoms with Crippen LogP contribution in [0, 0.1) is 18.6 Å². The van der Waals surface area contributed by atoms with Crippen LogP contribution in [-0.2, 0) is 4.74 Å². The number of benzene rings is 1. The Morgan fingerprint density at radius 2 is 2.11 bits per heavy atom. The van der Waals surface area contributed by atoms with Crippen LogP contribution in [0.15, 0.2) is 18.2 Å². The van der Waals surface area contributed by atoms with Crippen LogP contribution in [0.25, 0.3) is 5.69 Å². The van der Waals surface area contributed by atoms with Crippen LogP contribution in [0.4, 0.5) is 8.78 Å². The Kier molecular flexibility index (Phi) is 3.53. The molecule has 19 heavy (non-hydrogen) atoms. The van der Waals surface area contributed by atoms with Gasteiger partial charge in [-0.2, -0.15) is 5.10 Å². The molecular formula is C12H9ClF2N2O2. The molecule has 0 saturated heterocycles. The highest BCUT2D eigenvalue weighted by Gasteiger charge is 2.22. The van der Waals surface area contributed by atoms with Gasteiger partial charge in [-0.05, 0) is 19.1 Å². The number of esters is 1. The van der Waals surface area contributed by atoms with Gasteiger partial charge in [0.15, 0.2) is 11.5 Å². The smallest absolute Gasteiger partial charge is 0.360 e. The maximum Gasteiger partial charge on any atom is 0.360 e. The molecule has 100 valence electrons. The minimum Gasteiger partial charge on any atom is -0.464 e. The monoisotopic (exact) mass is 286 g/mol. The van der Waals surface area contributed by atoms with E-state index in [1.807, 2.05) is 0 Å². The fraction of sp³-hybridized carbons (Fsp3) is 0.167. The second kappa shape index (κ2) is 4.97. The van der Waals surface area contributed by atoms with E-state index in [0.717, 1.165) is 16.8 Å². The Morgan fingerprint density at radius 1 is 1.42 bits per heavy atom. The van der Waals surface area contributed by atoms with Gasteiger partial charge in [0.25, 0.3) is 0 Å². The van der Waals surface area contributed by atoms with Crippen molar-refractivity contribution in [3.63, 3.8) is 0 Å². The van der Waals surface area contributed by atoms with Crippen molar-refractivity contribution in [1.82, 2.24) is 9.78 Å².